The molecule has 2 aromatic rings. The summed E-state index contributed by atoms with van der Waals surface area (Å²) in [6.07, 6.45) is 3.23. The summed E-state index contributed by atoms with van der Waals surface area (Å²) >= 11 is 1.48. The highest BCUT2D eigenvalue weighted by Crippen LogP contribution is 2.42. The zero-order valence-electron chi connectivity index (χ0n) is 10.2. The fourth-order valence-corrected chi connectivity index (χ4v) is 2.81. The number of amides is 1. The highest BCUT2D eigenvalue weighted by molar-refractivity contribution is 7.99. The van der Waals surface area contributed by atoms with Crippen molar-refractivity contribution in [2.45, 2.75) is 15.8 Å². The molecule has 0 aliphatic carbocycles. The van der Waals surface area contributed by atoms with Crippen LogP contribution < -0.4 is 11.1 Å². The lowest BCUT2D eigenvalue weighted by Gasteiger charge is -2.19. The minimum absolute atomic E-state index is 0.569. The van der Waals surface area contributed by atoms with Crippen molar-refractivity contribution in [3.63, 3.8) is 0 Å². The molecule has 1 aliphatic rings. The molecule has 1 aromatic heterocycles. The fourth-order valence-electron chi connectivity index (χ4n) is 1.93. The van der Waals surface area contributed by atoms with Crippen LogP contribution in [0.4, 0.5) is 11.5 Å². The summed E-state index contributed by atoms with van der Waals surface area (Å²) < 4.78 is 0. The van der Waals surface area contributed by atoms with Gasteiger partial charge in [-0.1, -0.05) is 17.8 Å². The molecule has 0 spiro atoms. The van der Waals surface area contributed by atoms with Crippen molar-refractivity contribution < 1.29 is 4.79 Å². The highest BCUT2D eigenvalue weighted by atomic mass is 32.2. The van der Waals surface area contributed by atoms with Crippen LogP contribution in [0.2, 0.25) is 0 Å². The van der Waals surface area contributed by atoms with E-state index in [-0.39, 0.29) is 0 Å². The van der Waals surface area contributed by atoms with Crippen molar-refractivity contribution in [2.24, 2.45) is 5.73 Å². The van der Waals surface area contributed by atoms with Gasteiger partial charge in [0.05, 0.1) is 11.8 Å². The third kappa shape index (κ3) is 2.06. The second-order valence-corrected chi connectivity index (χ2v) is 5.19. The maximum absolute atomic E-state index is 11.2. The molecule has 0 radical (unpaired) electrons. The number of nitrogens with zero attached hydrogens (tertiary/aromatic N) is 3. The number of benzene rings is 1. The second-order valence-electron chi connectivity index (χ2n) is 4.16. The lowest BCUT2D eigenvalue weighted by Crippen LogP contribution is -2.20. The quantitative estimate of drug-likeness (QED) is 0.742. The number of hydrogen-bond acceptors (Lipinski definition) is 6. The Balaban J connectivity index is 2.00. The minimum atomic E-state index is -0.949. The summed E-state index contributed by atoms with van der Waals surface area (Å²) in [4.78, 5) is 20.6. The van der Waals surface area contributed by atoms with Gasteiger partial charge in [-0.05, 0) is 17.7 Å². The van der Waals surface area contributed by atoms with E-state index in [1.54, 1.807) is 24.5 Å². The monoisotopic (exact) mass is 283 g/mol. The van der Waals surface area contributed by atoms with Gasteiger partial charge in [0.1, 0.15) is 10.9 Å². The van der Waals surface area contributed by atoms with E-state index in [9.17, 15) is 4.79 Å². The molecule has 1 unspecified atom stereocenters. The fraction of sp³-hybridized carbons (Fsp3) is 0.0769. The summed E-state index contributed by atoms with van der Waals surface area (Å²) in [5, 5.41) is 12.9. The van der Waals surface area contributed by atoms with Crippen molar-refractivity contribution >= 4 is 29.2 Å². The first-order valence-electron chi connectivity index (χ1n) is 5.78. The van der Waals surface area contributed by atoms with Crippen molar-refractivity contribution in [2.75, 3.05) is 5.32 Å². The van der Waals surface area contributed by atoms with Gasteiger partial charge < -0.3 is 11.1 Å². The molecule has 1 aromatic carbocycles. The van der Waals surface area contributed by atoms with Crippen LogP contribution in [0.3, 0.4) is 0 Å². The number of fused-ring (bicyclic) bond motifs is 2. The summed E-state index contributed by atoms with van der Waals surface area (Å²) in [6, 6.07) is 7.23. The summed E-state index contributed by atoms with van der Waals surface area (Å²) in [7, 11) is 0. The average Bonchev–Trinajstić information content (AvgIpc) is 2.45. The number of primary amides is 1. The van der Waals surface area contributed by atoms with Crippen LogP contribution in [0.1, 0.15) is 11.5 Å². The largest absolute Gasteiger partial charge is 0.368 e. The van der Waals surface area contributed by atoms with Crippen LogP contribution in [-0.2, 0) is 4.79 Å². The normalized spacial score (nSPS) is 13.3. The summed E-state index contributed by atoms with van der Waals surface area (Å²) in [5.41, 5.74) is 6.58. The van der Waals surface area contributed by atoms with Gasteiger partial charge in [0.2, 0.25) is 5.91 Å². The Morgan fingerprint density at radius 3 is 2.95 bits per heavy atom. The third-order valence-electron chi connectivity index (χ3n) is 2.87. The second kappa shape index (κ2) is 4.83. The topological polar surface area (TPSA) is 105 Å². The van der Waals surface area contributed by atoms with Gasteiger partial charge in [-0.2, -0.15) is 5.26 Å². The average molecular weight is 283 g/mol. The van der Waals surface area contributed by atoms with Crippen LogP contribution >= 0.6 is 11.8 Å². The molecule has 1 aliphatic heterocycles. The van der Waals surface area contributed by atoms with E-state index in [4.69, 9.17) is 11.0 Å². The summed E-state index contributed by atoms with van der Waals surface area (Å²) in [5.74, 6) is -0.943. The molecule has 1 amide bonds. The zero-order chi connectivity index (χ0) is 14.1. The number of nitrogens with one attached hydrogen (secondary N) is 1. The number of anilines is 2. The smallest absolute Gasteiger partial charge is 0.239 e. The van der Waals surface area contributed by atoms with Crippen LogP contribution in [0.5, 0.6) is 0 Å². The van der Waals surface area contributed by atoms with Gasteiger partial charge >= 0.3 is 0 Å². The number of rotatable bonds is 2. The van der Waals surface area contributed by atoms with Crippen molar-refractivity contribution in [3.8, 4) is 6.07 Å². The van der Waals surface area contributed by atoms with Crippen LogP contribution in [0, 0.1) is 11.3 Å². The van der Waals surface area contributed by atoms with Gasteiger partial charge in [0.25, 0.3) is 0 Å². The van der Waals surface area contributed by atoms with Crippen LogP contribution in [-0.4, -0.2) is 15.9 Å². The third-order valence-corrected chi connectivity index (χ3v) is 3.94. The predicted molar refractivity (Wildman–Crippen MR) is 73.4 cm³/mol. The van der Waals surface area contributed by atoms with E-state index in [0.29, 0.717) is 11.4 Å². The number of carbonyl (C=O) groups excluding carboxylic acids is 1. The molecule has 2 heterocycles. The predicted octanol–water partition coefficient (Wildman–Crippen LogP) is 1.78. The Morgan fingerprint density at radius 2 is 2.20 bits per heavy atom. The SMILES string of the molecule is N#CC(C(N)=O)c1ccc2c(c1)Nc1nccnc1S2. The number of aromatic nitrogens is 2. The molecule has 0 saturated heterocycles. The van der Waals surface area contributed by atoms with Crippen LogP contribution in [0.15, 0.2) is 40.5 Å². The summed E-state index contributed by atoms with van der Waals surface area (Å²) in [6.45, 7) is 0. The Hall–Kier alpha value is -2.59. The molecule has 0 saturated carbocycles. The molecule has 20 heavy (non-hydrogen) atoms. The molecule has 3 N–H and O–H groups in total. The first-order valence-corrected chi connectivity index (χ1v) is 6.59. The van der Waals surface area contributed by atoms with Gasteiger partial charge in [-0.25, -0.2) is 9.97 Å². The van der Waals surface area contributed by atoms with Crippen molar-refractivity contribution in [1.82, 2.24) is 9.97 Å². The first kappa shape index (κ1) is 12.4. The molecule has 3 rings (SSSR count). The van der Waals surface area contributed by atoms with E-state index in [0.717, 1.165) is 15.6 Å². The highest BCUT2D eigenvalue weighted by Gasteiger charge is 2.22. The maximum Gasteiger partial charge on any atom is 0.239 e. The standard InChI is InChI=1S/C13H9N5OS/c14-6-8(11(15)19)7-1-2-10-9(5-7)18-12-13(20-10)17-4-3-16-12/h1-5,8H,(H2,15,19)(H,16,18). The maximum atomic E-state index is 11.2. The molecular formula is C13H9N5OS. The number of nitrogens with two attached hydrogens (primary N) is 1. The molecule has 7 heteroatoms. The number of nitriles is 1. The Labute approximate surface area is 119 Å². The van der Waals surface area contributed by atoms with E-state index in [1.165, 1.54) is 11.8 Å². The number of hydrogen-bond donors (Lipinski definition) is 2. The molecule has 1 atom stereocenters. The molecule has 98 valence electrons. The number of carbonyl (C=O) groups is 1. The molecule has 0 fully saturated rings. The van der Waals surface area contributed by atoms with Gasteiger partial charge in [-0.15, -0.1) is 0 Å². The van der Waals surface area contributed by atoms with Crippen LogP contribution in [0.25, 0.3) is 0 Å². The first-order chi connectivity index (χ1) is 9.69. The van der Waals surface area contributed by atoms with Gasteiger partial charge in [0, 0.05) is 17.3 Å². The molecular weight excluding hydrogens is 274 g/mol. The van der Waals surface area contributed by atoms with Crippen molar-refractivity contribution in [1.29, 1.82) is 5.26 Å². The lowest BCUT2D eigenvalue weighted by molar-refractivity contribution is -0.118. The van der Waals surface area contributed by atoms with E-state index in [2.05, 4.69) is 15.3 Å². The van der Waals surface area contributed by atoms with Gasteiger partial charge in [0.15, 0.2) is 5.82 Å². The zero-order valence-corrected chi connectivity index (χ0v) is 11.0. The van der Waals surface area contributed by atoms with E-state index >= 15 is 0 Å². The Bertz CT molecular complexity index is 740. The molecule has 0 bridgehead atoms. The van der Waals surface area contributed by atoms with E-state index in [1.807, 2.05) is 12.1 Å². The lowest BCUT2D eigenvalue weighted by atomic mass is 9.99. The minimum Gasteiger partial charge on any atom is -0.368 e. The van der Waals surface area contributed by atoms with Crippen molar-refractivity contribution in [3.05, 3.63) is 36.2 Å². The van der Waals surface area contributed by atoms with Gasteiger partial charge in [-0.3, -0.25) is 4.79 Å². The molecule has 6 nitrogen and oxygen atoms in total. The van der Waals surface area contributed by atoms with E-state index < -0.39 is 11.8 Å². The Kier molecular flexibility index (Phi) is 3.00. The Morgan fingerprint density at radius 1 is 1.40 bits per heavy atom.